The molecule has 1 aliphatic rings. The lowest BCUT2D eigenvalue weighted by molar-refractivity contribution is -0.274. The number of hydrogen-bond donors (Lipinski definition) is 1. The van der Waals surface area contributed by atoms with Crippen LogP contribution in [0.2, 0.25) is 0 Å². The molecule has 0 saturated heterocycles. The zero-order valence-electron chi connectivity index (χ0n) is 19.5. The summed E-state index contributed by atoms with van der Waals surface area (Å²) in [5.74, 6) is 0.0763. The Morgan fingerprint density at radius 1 is 1.00 bits per heavy atom. The molecule has 4 aromatic rings. The minimum Gasteiger partial charge on any atom is -0.489 e. The molecule has 1 aromatic heterocycles. The normalized spacial score (nSPS) is 13.4. The number of hydrogen-bond acceptors (Lipinski definition) is 5. The fraction of sp³-hybridized carbons (Fsp3) is 0.214. The summed E-state index contributed by atoms with van der Waals surface area (Å²) >= 11 is 0. The number of benzene rings is 3. The molecule has 9 heteroatoms. The van der Waals surface area contributed by atoms with Crippen LogP contribution in [0.4, 0.5) is 13.2 Å². The number of halogens is 3. The van der Waals surface area contributed by atoms with E-state index in [1.807, 2.05) is 30.3 Å². The predicted molar refractivity (Wildman–Crippen MR) is 128 cm³/mol. The van der Waals surface area contributed by atoms with Gasteiger partial charge >= 0.3 is 12.3 Å². The number of alkyl halides is 3. The van der Waals surface area contributed by atoms with Gasteiger partial charge in [0.2, 0.25) is 0 Å². The third-order valence-electron chi connectivity index (χ3n) is 5.99. The van der Waals surface area contributed by atoms with Crippen LogP contribution in [0.5, 0.6) is 11.5 Å². The molecule has 6 nitrogen and oxygen atoms in total. The maximum Gasteiger partial charge on any atom is 0.573 e. The van der Waals surface area contributed by atoms with Crippen molar-refractivity contribution in [1.82, 2.24) is 5.16 Å². The molecule has 5 rings (SSSR count). The highest BCUT2D eigenvalue weighted by molar-refractivity contribution is 5.72. The maximum absolute atomic E-state index is 13.0. The number of nitrogens with zero attached hydrogens (tertiary/aromatic N) is 1. The molecular weight excluding hydrogens is 487 g/mol. The van der Waals surface area contributed by atoms with Gasteiger partial charge in [-0.15, -0.1) is 13.2 Å². The van der Waals surface area contributed by atoms with E-state index in [4.69, 9.17) is 14.4 Å². The van der Waals surface area contributed by atoms with Gasteiger partial charge in [0.25, 0.3) is 0 Å². The molecule has 1 heterocycles. The number of aliphatic carboxylic acids is 1. The summed E-state index contributed by atoms with van der Waals surface area (Å²) in [7, 11) is 0. The summed E-state index contributed by atoms with van der Waals surface area (Å²) in [5.41, 5.74) is 3.49. The van der Waals surface area contributed by atoms with Gasteiger partial charge in [-0.3, -0.25) is 4.79 Å². The molecule has 0 atom stereocenters. The summed E-state index contributed by atoms with van der Waals surface area (Å²) in [6.45, 7) is 0.0540. The standard InChI is InChI=1S/C28H22F3NO5/c29-28(30,31)36-24-7-2-1-6-22(24)26-23(27(37-32-26)19-8-9-19)16-35-21-12-10-18(11-13-21)20-5-3-4-17(14-20)15-25(33)34/h1-7,10-14,19H,8-9,15-16H2,(H,33,34). The smallest absolute Gasteiger partial charge is 0.489 e. The van der Waals surface area contributed by atoms with Gasteiger partial charge in [0.15, 0.2) is 0 Å². The van der Waals surface area contributed by atoms with Crippen molar-refractivity contribution < 1.29 is 37.1 Å². The van der Waals surface area contributed by atoms with E-state index in [0.29, 0.717) is 22.6 Å². The topological polar surface area (TPSA) is 81.8 Å². The van der Waals surface area contributed by atoms with Gasteiger partial charge in [0.05, 0.1) is 12.0 Å². The van der Waals surface area contributed by atoms with E-state index in [1.54, 1.807) is 24.3 Å². The SMILES string of the molecule is O=C(O)Cc1cccc(-c2ccc(OCc3c(-c4ccccc4OC(F)(F)F)noc3C3CC3)cc2)c1. The Balaban J connectivity index is 1.37. The first kappa shape index (κ1) is 24.4. The molecule has 0 amide bonds. The van der Waals surface area contributed by atoms with Gasteiger partial charge in [-0.05, 0) is 53.8 Å². The third kappa shape index (κ3) is 5.94. The molecular formula is C28H22F3NO5. The van der Waals surface area contributed by atoms with Crippen LogP contribution >= 0.6 is 0 Å². The highest BCUT2D eigenvalue weighted by Gasteiger charge is 2.35. The average molecular weight is 509 g/mol. The Kier molecular flexibility index (Phi) is 6.60. The lowest BCUT2D eigenvalue weighted by atomic mass is 10.0. The van der Waals surface area contributed by atoms with Crippen LogP contribution in [-0.2, 0) is 17.8 Å². The van der Waals surface area contributed by atoms with Crippen molar-refractivity contribution in [3.63, 3.8) is 0 Å². The fourth-order valence-corrected chi connectivity index (χ4v) is 4.15. The molecule has 0 radical (unpaired) electrons. The highest BCUT2D eigenvalue weighted by Crippen LogP contribution is 2.45. The van der Waals surface area contributed by atoms with E-state index in [2.05, 4.69) is 9.89 Å². The van der Waals surface area contributed by atoms with Crippen LogP contribution in [0.15, 0.2) is 77.3 Å². The zero-order chi connectivity index (χ0) is 26.0. The molecule has 0 spiro atoms. The molecule has 1 fully saturated rings. The first-order chi connectivity index (χ1) is 17.8. The van der Waals surface area contributed by atoms with Crippen LogP contribution in [0.3, 0.4) is 0 Å². The Morgan fingerprint density at radius 2 is 1.76 bits per heavy atom. The molecule has 1 saturated carbocycles. The van der Waals surface area contributed by atoms with Crippen molar-refractivity contribution in [3.05, 3.63) is 89.7 Å². The number of rotatable bonds is 9. The van der Waals surface area contributed by atoms with Gasteiger partial charge < -0.3 is 19.1 Å². The second kappa shape index (κ2) is 10.0. The van der Waals surface area contributed by atoms with E-state index < -0.39 is 12.3 Å². The summed E-state index contributed by atoms with van der Waals surface area (Å²) in [5, 5.41) is 13.1. The number of carboxylic acids is 1. The third-order valence-corrected chi connectivity index (χ3v) is 5.99. The van der Waals surface area contributed by atoms with Crippen molar-refractivity contribution in [2.45, 2.75) is 38.1 Å². The largest absolute Gasteiger partial charge is 0.573 e. The monoisotopic (exact) mass is 509 g/mol. The van der Waals surface area contributed by atoms with Crippen molar-refractivity contribution in [1.29, 1.82) is 0 Å². The number of carbonyl (C=O) groups is 1. The molecule has 3 aromatic carbocycles. The quantitative estimate of drug-likeness (QED) is 0.262. The van der Waals surface area contributed by atoms with Crippen LogP contribution in [-0.4, -0.2) is 22.6 Å². The molecule has 190 valence electrons. The van der Waals surface area contributed by atoms with Crippen LogP contribution in [0.1, 0.15) is 35.6 Å². The number of para-hydroxylation sites is 1. The van der Waals surface area contributed by atoms with Crippen LogP contribution in [0.25, 0.3) is 22.4 Å². The molecule has 37 heavy (non-hydrogen) atoms. The van der Waals surface area contributed by atoms with Gasteiger partial charge in [0, 0.05) is 11.5 Å². The van der Waals surface area contributed by atoms with Crippen LogP contribution < -0.4 is 9.47 Å². The lowest BCUT2D eigenvalue weighted by Crippen LogP contribution is -2.17. The first-order valence-corrected chi connectivity index (χ1v) is 11.6. The number of aromatic nitrogens is 1. The van der Waals surface area contributed by atoms with Crippen LogP contribution in [0, 0.1) is 0 Å². The fourth-order valence-electron chi connectivity index (χ4n) is 4.15. The molecule has 0 bridgehead atoms. The Bertz CT molecular complexity index is 1410. The predicted octanol–water partition coefficient (Wildman–Crippen LogP) is 6.99. The minimum absolute atomic E-state index is 0.0540. The molecule has 1 N–H and O–H groups in total. The number of ether oxygens (including phenoxy) is 2. The van der Waals surface area contributed by atoms with E-state index in [-0.39, 0.29) is 36.0 Å². The van der Waals surface area contributed by atoms with E-state index in [9.17, 15) is 18.0 Å². The van der Waals surface area contributed by atoms with Crippen molar-refractivity contribution in [2.75, 3.05) is 0 Å². The van der Waals surface area contributed by atoms with E-state index >= 15 is 0 Å². The number of carboxylic acid groups (broad SMARTS) is 1. The lowest BCUT2D eigenvalue weighted by Gasteiger charge is -2.13. The van der Waals surface area contributed by atoms with E-state index in [1.165, 1.54) is 18.2 Å². The minimum atomic E-state index is -4.84. The zero-order valence-corrected chi connectivity index (χ0v) is 19.5. The van der Waals surface area contributed by atoms with Crippen molar-refractivity contribution >= 4 is 5.97 Å². The Morgan fingerprint density at radius 3 is 2.46 bits per heavy atom. The molecule has 0 unspecified atom stereocenters. The highest BCUT2D eigenvalue weighted by atomic mass is 19.4. The molecule has 0 aliphatic heterocycles. The summed E-state index contributed by atoms with van der Waals surface area (Å²) < 4.78 is 54.7. The van der Waals surface area contributed by atoms with Gasteiger partial charge in [-0.1, -0.05) is 53.7 Å². The second-order valence-corrected chi connectivity index (χ2v) is 8.78. The van der Waals surface area contributed by atoms with Gasteiger partial charge in [-0.2, -0.15) is 0 Å². The molecule has 1 aliphatic carbocycles. The van der Waals surface area contributed by atoms with Gasteiger partial charge in [0.1, 0.15) is 29.6 Å². The maximum atomic E-state index is 13.0. The van der Waals surface area contributed by atoms with Crippen molar-refractivity contribution in [3.8, 4) is 33.9 Å². The summed E-state index contributed by atoms with van der Waals surface area (Å²) in [4.78, 5) is 11.0. The van der Waals surface area contributed by atoms with Gasteiger partial charge in [-0.25, -0.2) is 0 Å². The second-order valence-electron chi connectivity index (χ2n) is 8.78. The average Bonchev–Trinajstić information content (AvgIpc) is 3.61. The van der Waals surface area contributed by atoms with E-state index in [0.717, 1.165) is 24.0 Å². The first-order valence-electron chi connectivity index (χ1n) is 11.6. The summed E-state index contributed by atoms with van der Waals surface area (Å²) in [6.07, 6.45) is -3.07. The van der Waals surface area contributed by atoms with Crippen molar-refractivity contribution in [2.24, 2.45) is 0 Å². The Hall–Kier alpha value is -4.27. The Labute approximate surface area is 210 Å². The summed E-state index contributed by atoms with van der Waals surface area (Å²) in [6, 6.07) is 20.4.